The zero-order valence-electron chi connectivity index (χ0n) is 20.3. The molecule has 1 unspecified atom stereocenters. The molecule has 3 heterocycles. The van der Waals surface area contributed by atoms with Crippen molar-refractivity contribution in [3.05, 3.63) is 83.0 Å². The molecule has 0 saturated carbocycles. The van der Waals surface area contributed by atoms with E-state index >= 15 is 0 Å². The maximum atomic E-state index is 12.8. The van der Waals surface area contributed by atoms with Crippen LogP contribution in [0.15, 0.2) is 59.1 Å². The minimum atomic E-state index is -0.749. The fraction of sp³-hybridized carbons (Fsp3) is 0.296. The second-order valence-electron chi connectivity index (χ2n) is 8.99. The highest BCUT2D eigenvalue weighted by Crippen LogP contribution is 2.28. The summed E-state index contributed by atoms with van der Waals surface area (Å²) >= 11 is 0. The molecule has 1 atom stereocenters. The van der Waals surface area contributed by atoms with Crippen molar-refractivity contribution in [2.75, 3.05) is 38.5 Å². The number of hydrogen-bond acceptors (Lipinski definition) is 8. The van der Waals surface area contributed by atoms with Crippen LogP contribution in [0.2, 0.25) is 0 Å². The molecule has 0 spiro atoms. The van der Waals surface area contributed by atoms with Gasteiger partial charge in [0.05, 0.1) is 11.8 Å². The normalized spacial score (nSPS) is 15.0. The van der Waals surface area contributed by atoms with Gasteiger partial charge in [0, 0.05) is 44.5 Å². The minimum absolute atomic E-state index is 0.0656. The Morgan fingerprint density at radius 1 is 1.11 bits per heavy atom. The number of benzene rings is 2. The fourth-order valence-electron chi connectivity index (χ4n) is 4.22. The van der Waals surface area contributed by atoms with Crippen molar-refractivity contribution < 1.29 is 9.21 Å². The van der Waals surface area contributed by atoms with Crippen LogP contribution in [0.5, 0.6) is 0 Å². The van der Waals surface area contributed by atoms with Crippen LogP contribution in [-0.4, -0.2) is 63.9 Å². The number of carbonyl (C=O) groups excluding carboxylic acids is 1. The monoisotopic (exact) mass is 481 g/mol. The van der Waals surface area contributed by atoms with E-state index in [1.807, 2.05) is 60.4 Å². The van der Waals surface area contributed by atoms with Gasteiger partial charge < -0.3 is 19.5 Å². The van der Waals surface area contributed by atoms with E-state index in [9.17, 15) is 10.1 Å². The molecule has 1 fully saturated rings. The highest BCUT2D eigenvalue weighted by molar-refractivity contribution is 5.94. The summed E-state index contributed by atoms with van der Waals surface area (Å²) < 4.78 is 5.83. The Labute approximate surface area is 209 Å². The first-order chi connectivity index (χ1) is 17.5. The SMILES string of the molecule is Cc1cnc(NCc2ccc(C(=O)N3CCN(C)CC3)cc2)nc1C(C#N)c1nc2ccccc2o1. The van der Waals surface area contributed by atoms with E-state index < -0.39 is 5.92 Å². The summed E-state index contributed by atoms with van der Waals surface area (Å²) in [6, 6.07) is 17.3. The van der Waals surface area contributed by atoms with Crippen LogP contribution in [0.4, 0.5) is 5.95 Å². The molecule has 0 bridgehead atoms. The van der Waals surface area contributed by atoms with Crippen LogP contribution in [-0.2, 0) is 6.54 Å². The first-order valence-corrected chi connectivity index (χ1v) is 11.9. The molecule has 1 N–H and O–H groups in total. The van der Waals surface area contributed by atoms with E-state index in [1.165, 1.54) is 0 Å². The zero-order valence-corrected chi connectivity index (χ0v) is 20.3. The number of hydrogen-bond donors (Lipinski definition) is 1. The highest BCUT2D eigenvalue weighted by atomic mass is 16.3. The third-order valence-corrected chi connectivity index (χ3v) is 6.41. The number of aryl methyl sites for hydroxylation is 1. The van der Waals surface area contributed by atoms with Crippen molar-refractivity contribution in [1.29, 1.82) is 5.26 Å². The number of nitrogens with one attached hydrogen (secondary N) is 1. The van der Waals surface area contributed by atoms with Crippen LogP contribution >= 0.6 is 0 Å². The first kappa shape index (κ1) is 23.5. The molecule has 36 heavy (non-hydrogen) atoms. The van der Waals surface area contributed by atoms with Gasteiger partial charge in [-0.15, -0.1) is 0 Å². The second kappa shape index (κ2) is 10.1. The van der Waals surface area contributed by atoms with Gasteiger partial charge in [-0.3, -0.25) is 4.79 Å². The first-order valence-electron chi connectivity index (χ1n) is 11.9. The Morgan fingerprint density at radius 2 is 1.86 bits per heavy atom. The van der Waals surface area contributed by atoms with Crippen LogP contribution in [0.25, 0.3) is 11.1 Å². The lowest BCUT2D eigenvalue weighted by Crippen LogP contribution is -2.47. The quantitative estimate of drug-likeness (QED) is 0.445. The van der Waals surface area contributed by atoms with Crippen LogP contribution in [0, 0.1) is 18.3 Å². The lowest BCUT2D eigenvalue weighted by Gasteiger charge is -2.32. The van der Waals surface area contributed by atoms with Crippen molar-refractivity contribution in [2.45, 2.75) is 19.4 Å². The standard InChI is InChI=1S/C27H27N7O2/c1-18-16-29-27(32-24(18)21(15-28)25-31-22-5-3-4-6-23(22)36-25)30-17-19-7-9-20(10-8-19)26(35)34-13-11-33(2)12-14-34/h3-10,16,21H,11-14,17H2,1-2H3,(H,29,30,32). The van der Waals surface area contributed by atoms with Gasteiger partial charge in [0.2, 0.25) is 11.8 Å². The Balaban J connectivity index is 1.27. The summed E-state index contributed by atoms with van der Waals surface area (Å²) in [6.45, 7) is 5.63. The molecular weight excluding hydrogens is 454 g/mol. The second-order valence-corrected chi connectivity index (χ2v) is 8.99. The third kappa shape index (κ3) is 4.90. The highest BCUT2D eigenvalue weighted by Gasteiger charge is 2.24. The maximum Gasteiger partial charge on any atom is 0.253 e. The predicted octanol–water partition coefficient (Wildman–Crippen LogP) is 3.58. The maximum absolute atomic E-state index is 12.8. The molecular formula is C27H27N7O2. The largest absolute Gasteiger partial charge is 0.439 e. The molecule has 2 aromatic carbocycles. The summed E-state index contributed by atoms with van der Waals surface area (Å²) in [5.41, 5.74) is 4.34. The van der Waals surface area contributed by atoms with Gasteiger partial charge in [-0.2, -0.15) is 5.26 Å². The number of amides is 1. The zero-order chi connectivity index (χ0) is 25.1. The molecule has 9 heteroatoms. The number of aromatic nitrogens is 3. The summed E-state index contributed by atoms with van der Waals surface area (Å²) in [6.07, 6.45) is 1.69. The van der Waals surface area contributed by atoms with E-state index in [0.29, 0.717) is 40.7 Å². The number of anilines is 1. The topological polar surface area (TPSA) is 111 Å². The van der Waals surface area contributed by atoms with Gasteiger partial charge in [0.15, 0.2) is 11.5 Å². The minimum Gasteiger partial charge on any atom is -0.439 e. The number of oxazole rings is 1. The Kier molecular flexibility index (Phi) is 6.60. The average molecular weight is 482 g/mol. The van der Waals surface area contributed by atoms with Gasteiger partial charge >= 0.3 is 0 Å². The molecule has 4 aromatic rings. The van der Waals surface area contributed by atoms with Crippen LogP contribution < -0.4 is 5.32 Å². The molecule has 0 radical (unpaired) electrons. The molecule has 1 aliphatic rings. The molecule has 1 aliphatic heterocycles. The number of rotatable bonds is 6. The van der Waals surface area contributed by atoms with Crippen molar-refractivity contribution in [3.63, 3.8) is 0 Å². The van der Waals surface area contributed by atoms with Crippen molar-refractivity contribution in [1.82, 2.24) is 24.8 Å². The molecule has 5 rings (SSSR count). The van der Waals surface area contributed by atoms with Crippen LogP contribution in [0.1, 0.15) is 39.0 Å². The van der Waals surface area contributed by atoms with E-state index in [0.717, 1.165) is 37.3 Å². The lowest BCUT2D eigenvalue weighted by molar-refractivity contribution is 0.0664. The third-order valence-electron chi connectivity index (χ3n) is 6.41. The summed E-state index contributed by atoms with van der Waals surface area (Å²) in [4.78, 5) is 30.4. The molecule has 182 valence electrons. The molecule has 0 aliphatic carbocycles. The van der Waals surface area contributed by atoms with Crippen LogP contribution in [0.3, 0.4) is 0 Å². The molecule has 1 amide bonds. The number of fused-ring (bicyclic) bond motifs is 1. The predicted molar refractivity (Wildman–Crippen MR) is 135 cm³/mol. The fourth-order valence-corrected chi connectivity index (χ4v) is 4.22. The van der Waals surface area contributed by atoms with E-state index in [-0.39, 0.29) is 5.91 Å². The molecule has 2 aromatic heterocycles. The van der Waals surface area contributed by atoms with Crippen molar-refractivity contribution in [3.8, 4) is 6.07 Å². The van der Waals surface area contributed by atoms with Gasteiger partial charge in [-0.05, 0) is 49.4 Å². The van der Waals surface area contributed by atoms with Crippen molar-refractivity contribution in [2.24, 2.45) is 0 Å². The number of piperazine rings is 1. The van der Waals surface area contributed by atoms with Gasteiger partial charge in [0.25, 0.3) is 5.91 Å². The smallest absolute Gasteiger partial charge is 0.253 e. The van der Waals surface area contributed by atoms with Gasteiger partial charge in [-0.25, -0.2) is 15.0 Å². The number of nitrogens with zero attached hydrogens (tertiary/aromatic N) is 6. The summed E-state index contributed by atoms with van der Waals surface area (Å²) in [5.74, 6) is 0.0355. The Hall–Kier alpha value is -4.29. The van der Waals surface area contributed by atoms with E-state index in [2.05, 4.69) is 38.3 Å². The number of carbonyl (C=O) groups is 1. The lowest BCUT2D eigenvalue weighted by atomic mass is 10.0. The Bertz CT molecular complexity index is 1380. The average Bonchev–Trinajstić information content (AvgIpc) is 3.33. The molecule has 9 nitrogen and oxygen atoms in total. The summed E-state index contributed by atoms with van der Waals surface area (Å²) in [5, 5.41) is 13.1. The van der Waals surface area contributed by atoms with Gasteiger partial charge in [0.1, 0.15) is 5.52 Å². The Morgan fingerprint density at radius 3 is 2.58 bits per heavy atom. The van der Waals surface area contributed by atoms with Crippen molar-refractivity contribution >= 4 is 23.0 Å². The number of nitriles is 1. The van der Waals surface area contributed by atoms with Gasteiger partial charge in [-0.1, -0.05) is 24.3 Å². The number of para-hydroxylation sites is 2. The van der Waals surface area contributed by atoms with E-state index in [1.54, 1.807) is 6.20 Å². The number of likely N-dealkylation sites (N-methyl/N-ethyl adjacent to an activating group) is 1. The molecule has 1 saturated heterocycles. The van der Waals surface area contributed by atoms with E-state index in [4.69, 9.17) is 4.42 Å². The summed E-state index contributed by atoms with van der Waals surface area (Å²) in [7, 11) is 2.07.